The molecule has 1 atom stereocenters. The molecular weight excluding hydrogens is 795 g/mol. The van der Waals surface area contributed by atoms with E-state index in [-0.39, 0.29) is 35.8 Å². The van der Waals surface area contributed by atoms with Crippen molar-refractivity contribution in [2.24, 2.45) is 0 Å². The molecule has 0 spiro atoms. The van der Waals surface area contributed by atoms with Crippen molar-refractivity contribution in [1.29, 1.82) is 5.26 Å². The quantitative estimate of drug-likeness (QED) is 0.0569. The van der Waals surface area contributed by atoms with Crippen LogP contribution < -0.4 is 25.8 Å². The predicted molar refractivity (Wildman–Crippen MR) is 212 cm³/mol. The summed E-state index contributed by atoms with van der Waals surface area (Å²) in [6.07, 6.45) is -2.27. The van der Waals surface area contributed by atoms with E-state index in [2.05, 4.69) is 16.0 Å². The van der Waals surface area contributed by atoms with Crippen LogP contribution in [0.5, 0.6) is 0 Å². The summed E-state index contributed by atoms with van der Waals surface area (Å²) >= 11 is 5.51. The summed E-state index contributed by atoms with van der Waals surface area (Å²) in [5, 5.41) is 17.1. The number of benzene rings is 3. The van der Waals surface area contributed by atoms with Gasteiger partial charge in [-0.05, 0) is 107 Å². The molecule has 5 rings (SSSR count). The number of thiocarbonyl (C=S) groups is 1. The van der Waals surface area contributed by atoms with Gasteiger partial charge in [0.25, 0.3) is 11.8 Å². The van der Waals surface area contributed by atoms with Crippen LogP contribution in [-0.2, 0) is 36.6 Å². The number of hydrogen-bond donors (Lipinski definition) is 3. The summed E-state index contributed by atoms with van der Waals surface area (Å²) < 4.78 is 56.4. The number of amides is 6. The van der Waals surface area contributed by atoms with Crippen molar-refractivity contribution in [3.8, 4) is 6.07 Å². The lowest BCUT2D eigenvalue weighted by atomic mass is 10.0. The third-order valence-corrected chi connectivity index (χ3v) is 10.5. The second-order valence-electron chi connectivity index (χ2n) is 14.5. The lowest BCUT2D eigenvalue weighted by Crippen LogP contribution is -2.54. The Bertz CT molecular complexity index is 2220. The highest BCUT2D eigenvalue weighted by Crippen LogP contribution is 2.42. The first-order valence-corrected chi connectivity index (χ1v) is 19.1. The molecule has 1 unspecified atom stereocenters. The predicted octanol–water partition coefficient (Wildman–Crippen LogP) is 5.68. The van der Waals surface area contributed by atoms with E-state index in [1.807, 2.05) is 0 Å². The van der Waals surface area contributed by atoms with Gasteiger partial charge in [0.1, 0.15) is 17.1 Å². The number of imide groups is 2. The van der Waals surface area contributed by atoms with Gasteiger partial charge in [-0.25, -0.2) is 4.39 Å². The highest BCUT2D eigenvalue weighted by Gasteiger charge is 2.52. The Kier molecular flexibility index (Phi) is 13.5. The first-order chi connectivity index (χ1) is 27.9. The van der Waals surface area contributed by atoms with Gasteiger partial charge in [0.05, 0.1) is 22.9 Å². The van der Waals surface area contributed by atoms with Gasteiger partial charge in [-0.1, -0.05) is 24.3 Å². The lowest BCUT2D eigenvalue weighted by Gasteiger charge is -2.29. The van der Waals surface area contributed by atoms with Crippen LogP contribution in [0.3, 0.4) is 0 Å². The van der Waals surface area contributed by atoms with Crippen molar-refractivity contribution in [2.45, 2.75) is 83.5 Å². The molecule has 2 fully saturated rings. The van der Waals surface area contributed by atoms with Crippen LogP contribution >= 0.6 is 12.2 Å². The second-order valence-corrected chi connectivity index (χ2v) is 14.9. The molecule has 2 heterocycles. The first-order valence-electron chi connectivity index (χ1n) is 18.7. The summed E-state index contributed by atoms with van der Waals surface area (Å²) in [4.78, 5) is 78.3. The number of halogens is 4. The summed E-state index contributed by atoms with van der Waals surface area (Å²) in [6, 6.07) is 14.0. The first kappa shape index (κ1) is 43.9. The maximum absolute atomic E-state index is 15.3. The minimum absolute atomic E-state index is 0.0100. The van der Waals surface area contributed by atoms with Gasteiger partial charge in [-0.2, -0.15) is 18.4 Å². The van der Waals surface area contributed by atoms with Gasteiger partial charge in [0.2, 0.25) is 24.1 Å². The second kappa shape index (κ2) is 18.1. The smallest absolute Gasteiger partial charge is 0.384 e. The molecule has 2 saturated heterocycles. The number of alkyl halides is 3. The Morgan fingerprint density at radius 2 is 1.75 bits per heavy atom. The minimum atomic E-state index is -5.19. The average Bonchev–Trinajstić information content (AvgIpc) is 3.35. The zero-order chi connectivity index (χ0) is 43.2. The molecule has 18 heteroatoms. The van der Waals surface area contributed by atoms with Crippen LogP contribution in [0.15, 0.2) is 54.6 Å². The molecule has 2 aliphatic heterocycles. The molecule has 0 radical (unpaired) electrons. The number of anilines is 3. The molecule has 59 heavy (non-hydrogen) atoms. The molecule has 0 aliphatic carbocycles. The number of nitrogens with zero attached hydrogens (tertiary/aromatic N) is 4. The van der Waals surface area contributed by atoms with Crippen molar-refractivity contribution >= 4 is 70.3 Å². The SMILES string of the molecule is Cc1cccc(NCCCCNC(=O)CCCc2ccc(N3C(=S)N(c4ccc(C#N)c(C(F)(F)F)c4F)C(=O)C3(C)C)cc2)c1C(=O)N(C=O)C1CCC(=O)NC1=O. The summed E-state index contributed by atoms with van der Waals surface area (Å²) in [5.74, 6) is -4.50. The maximum Gasteiger partial charge on any atom is 0.420 e. The Hall–Kier alpha value is -6.22. The molecule has 3 N–H and O–H groups in total. The van der Waals surface area contributed by atoms with Gasteiger partial charge in [0.15, 0.2) is 10.9 Å². The number of unbranched alkanes of at least 4 members (excludes halogenated alkanes) is 1. The highest BCUT2D eigenvalue weighted by molar-refractivity contribution is 7.81. The minimum Gasteiger partial charge on any atom is -0.384 e. The normalized spacial score (nSPS) is 16.4. The third-order valence-electron chi connectivity index (χ3n) is 10.1. The summed E-state index contributed by atoms with van der Waals surface area (Å²) in [5.41, 5.74) is -2.18. The number of carbonyl (C=O) groups is 6. The third kappa shape index (κ3) is 9.41. The summed E-state index contributed by atoms with van der Waals surface area (Å²) in [7, 11) is 0. The van der Waals surface area contributed by atoms with Gasteiger partial charge in [0, 0.05) is 37.3 Å². The van der Waals surface area contributed by atoms with E-state index < -0.39 is 64.0 Å². The van der Waals surface area contributed by atoms with Crippen LogP contribution in [0.25, 0.3) is 0 Å². The molecule has 13 nitrogen and oxygen atoms in total. The Balaban J connectivity index is 1.08. The Morgan fingerprint density at radius 1 is 1.05 bits per heavy atom. The Morgan fingerprint density at radius 3 is 2.39 bits per heavy atom. The summed E-state index contributed by atoms with van der Waals surface area (Å²) in [6.45, 7) is 5.60. The fraction of sp³-hybridized carbons (Fsp3) is 0.366. The van der Waals surface area contributed by atoms with Crippen LogP contribution in [-0.4, -0.2) is 70.6 Å². The van der Waals surface area contributed by atoms with E-state index in [0.717, 1.165) is 22.6 Å². The van der Waals surface area contributed by atoms with E-state index in [9.17, 15) is 41.9 Å². The van der Waals surface area contributed by atoms with Crippen molar-refractivity contribution < 1.29 is 46.3 Å². The molecule has 6 amide bonds. The number of carbonyl (C=O) groups excluding carboxylic acids is 6. The molecule has 310 valence electrons. The monoisotopic (exact) mass is 835 g/mol. The fourth-order valence-electron chi connectivity index (χ4n) is 7.04. The molecular formula is C41H41F4N7O6S. The van der Waals surface area contributed by atoms with E-state index in [4.69, 9.17) is 17.5 Å². The highest BCUT2D eigenvalue weighted by atomic mass is 32.1. The van der Waals surface area contributed by atoms with Crippen LogP contribution in [0.4, 0.5) is 34.6 Å². The number of nitriles is 1. The number of nitrogens with one attached hydrogen (secondary N) is 3. The molecule has 0 bridgehead atoms. The fourth-order valence-corrected chi connectivity index (χ4v) is 7.56. The van der Waals surface area contributed by atoms with E-state index in [1.165, 1.54) is 24.8 Å². The van der Waals surface area contributed by atoms with Gasteiger partial charge in [-0.3, -0.25) is 43.9 Å². The van der Waals surface area contributed by atoms with Crippen LogP contribution in [0.1, 0.15) is 85.0 Å². The average molecular weight is 836 g/mol. The molecule has 0 saturated carbocycles. The van der Waals surface area contributed by atoms with E-state index in [0.29, 0.717) is 67.0 Å². The van der Waals surface area contributed by atoms with E-state index in [1.54, 1.807) is 49.4 Å². The zero-order valence-corrected chi connectivity index (χ0v) is 33.2. The zero-order valence-electron chi connectivity index (χ0n) is 32.4. The van der Waals surface area contributed by atoms with Gasteiger partial charge in [-0.15, -0.1) is 0 Å². The van der Waals surface area contributed by atoms with Crippen molar-refractivity contribution in [3.63, 3.8) is 0 Å². The van der Waals surface area contributed by atoms with Crippen molar-refractivity contribution in [1.82, 2.24) is 15.5 Å². The molecule has 3 aromatic rings. The topological polar surface area (TPSA) is 172 Å². The maximum atomic E-state index is 15.3. The van der Waals surface area contributed by atoms with Gasteiger partial charge < -0.3 is 15.5 Å². The van der Waals surface area contributed by atoms with Crippen LogP contribution in [0, 0.1) is 24.1 Å². The lowest BCUT2D eigenvalue weighted by molar-refractivity contribution is -0.140. The number of piperidine rings is 1. The van der Waals surface area contributed by atoms with Gasteiger partial charge >= 0.3 is 6.18 Å². The molecule has 3 aromatic carbocycles. The molecule has 2 aliphatic rings. The number of hydrogen-bond acceptors (Lipinski definition) is 9. The number of rotatable bonds is 15. The molecule has 0 aromatic heterocycles. The largest absolute Gasteiger partial charge is 0.420 e. The standard InChI is InChI=1S/C41H41F4N7O6S/c1-24-8-6-10-28(33(24)37(57)50(23-53)30-18-19-32(55)49-36(30)56)47-20-4-5-21-48-31(54)11-7-9-25-12-15-27(16-13-25)52-39(59)51(38(58)40(52,2)3)29-17-14-26(22-46)34(35(29)42)41(43,44)45/h6,8,10,12-17,23,30,47H,4-5,7,9,11,18-21H2,1-3H3,(H,48,54)(H,49,55,56). The van der Waals surface area contributed by atoms with Crippen molar-refractivity contribution in [2.75, 3.05) is 28.2 Å². The Labute approximate surface area is 342 Å². The van der Waals surface area contributed by atoms with Crippen molar-refractivity contribution in [3.05, 3.63) is 88.2 Å². The van der Waals surface area contributed by atoms with Crippen LogP contribution in [0.2, 0.25) is 0 Å². The number of aryl methyl sites for hydroxylation is 2. The van der Waals surface area contributed by atoms with E-state index >= 15 is 4.39 Å².